The number of amides is 1. The first-order chi connectivity index (χ1) is 13.5. The minimum absolute atomic E-state index is 0.113. The minimum atomic E-state index is -0.975. The van der Waals surface area contributed by atoms with Crippen LogP contribution in [0, 0.1) is 15.9 Å². The van der Waals surface area contributed by atoms with Crippen LogP contribution in [0.2, 0.25) is 0 Å². The standard InChI is InChI=1S/C18H15FN4O5/c1-2-17-21-16(22-28-17)10-27-13-6-3-11(4-7-13)18(24)20-12-5-8-14(19)15(9-12)23(25)26/h3-9H,2,10H2,1H3,(H,20,24). The van der Waals surface area contributed by atoms with E-state index >= 15 is 0 Å². The molecular weight excluding hydrogens is 371 g/mol. The van der Waals surface area contributed by atoms with Crippen LogP contribution < -0.4 is 10.1 Å². The summed E-state index contributed by atoms with van der Waals surface area (Å²) in [6.07, 6.45) is 0.633. The number of carbonyl (C=O) groups is 1. The third-order valence-electron chi connectivity index (χ3n) is 3.70. The van der Waals surface area contributed by atoms with Crippen molar-refractivity contribution in [2.24, 2.45) is 0 Å². The summed E-state index contributed by atoms with van der Waals surface area (Å²) in [6.45, 7) is 2.01. The quantitative estimate of drug-likeness (QED) is 0.487. The highest BCUT2D eigenvalue weighted by molar-refractivity contribution is 6.04. The lowest BCUT2D eigenvalue weighted by Gasteiger charge is -2.07. The van der Waals surface area contributed by atoms with Crippen LogP contribution in [-0.2, 0) is 13.0 Å². The molecule has 10 heteroatoms. The number of rotatable bonds is 7. The molecule has 0 saturated carbocycles. The predicted octanol–water partition coefficient (Wildman–Crippen LogP) is 3.51. The van der Waals surface area contributed by atoms with Crippen LogP contribution in [0.1, 0.15) is 29.0 Å². The summed E-state index contributed by atoms with van der Waals surface area (Å²) >= 11 is 0. The van der Waals surface area contributed by atoms with Crippen molar-refractivity contribution >= 4 is 17.3 Å². The molecule has 3 aromatic rings. The lowest BCUT2D eigenvalue weighted by atomic mass is 10.2. The summed E-state index contributed by atoms with van der Waals surface area (Å²) < 4.78 is 23.9. The molecule has 1 amide bonds. The smallest absolute Gasteiger partial charge is 0.306 e. The number of benzene rings is 2. The van der Waals surface area contributed by atoms with Crippen LogP contribution >= 0.6 is 0 Å². The zero-order valence-corrected chi connectivity index (χ0v) is 14.7. The molecule has 1 N–H and O–H groups in total. The number of nitro groups is 1. The van der Waals surface area contributed by atoms with Crippen LogP contribution in [0.5, 0.6) is 5.75 Å². The number of carbonyl (C=O) groups excluding carboxylic acids is 1. The number of nitro benzene ring substituents is 1. The Kier molecular flexibility index (Phi) is 5.58. The third-order valence-corrected chi connectivity index (χ3v) is 3.70. The Balaban J connectivity index is 1.62. The average Bonchev–Trinajstić information content (AvgIpc) is 3.16. The van der Waals surface area contributed by atoms with Crippen LogP contribution in [0.3, 0.4) is 0 Å². The first-order valence-corrected chi connectivity index (χ1v) is 8.26. The molecule has 0 spiro atoms. The Hall–Kier alpha value is -3.82. The van der Waals surface area contributed by atoms with Gasteiger partial charge in [-0.3, -0.25) is 14.9 Å². The van der Waals surface area contributed by atoms with E-state index in [1.54, 1.807) is 12.1 Å². The Bertz CT molecular complexity index is 1000. The van der Waals surface area contributed by atoms with Gasteiger partial charge in [0.2, 0.25) is 17.5 Å². The van der Waals surface area contributed by atoms with E-state index in [9.17, 15) is 19.3 Å². The highest BCUT2D eigenvalue weighted by Gasteiger charge is 2.16. The van der Waals surface area contributed by atoms with Crippen molar-refractivity contribution < 1.29 is 23.4 Å². The first kappa shape index (κ1) is 19.0. The largest absolute Gasteiger partial charge is 0.485 e. The zero-order valence-electron chi connectivity index (χ0n) is 14.7. The second kappa shape index (κ2) is 8.25. The number of nitrogens with zero attached hydrogens (tertiary/aromatic N) is 3. The summed E-state index contributed by atoms with van der Waals surface area (Å²) in [5.74, 6) is -0.0459. The van der Waals surface area contributed by atoms with Crippen molar-refractivity contribution in [2.45, 2.75) is 20.0 Å². The van der Waals surface area contributed by atoms with Gasteiger partial charge in [-0.25, -0.2) is 0 Å². The summed E-state index contributed by atoms with van der Waals surface area (Å²) in [5, 5.41) is 17.0. The molecule has 0 radical (unpaired) electrons. The van der Waals surface area contributed by atoms with E-state index in [4.69, 9.17) is 9.26 Å². The predicted molar refractivity (Wildman–Crippen MR) is 95.5 cm³/mol. The molecule has 2 aromatic carbocycles. The van der Waals surface area contributed by atoms with Crippen molar-refractivity contribution in [1.29, 1.82) is 0 Å². The number of hydrogen-bond acceptors (Lipinski definition) is 7. The number of halogens is 1. The number of aromatic nitrogens is 2. The maximum Gasteiger partial charge on any atom is 0.306 e. The van der Waals surface area contributed by atoms with Crippen LogP contribution in [0.25, 0.3) is 0 Å². The Morgan fingerprint density at radius 2 is 2.04 bits per heavy atom. The van der Waals surface area contributed by atoms with Crippen LogP contribution in [0.15, 0.2) is 47.0 Å². The van der Waals surface area contributed by atoms with E-state index in [1.165, 1.54) is 18.2 Å². The van der Waals surface area contributed by atoms with Crippen molar-refractivity contribution in [3.05, 3.63) is 75.7 Å². The first-order valence-electron chi connectivity index (χ1n) is 8.26. The number of ether oxygens (including phenoxy) is 1. The fourth-order valence-electron chi connectivity index (χ4n) is 2.28. The van der Waals surface area contributed by atoms with Gasteiger partial charge in [-0.15, -0.1) is 0 Å². The van der Waals surface area contributed by atoms with Crippen molar-refractivity contribution in [2.75, 3.05) is 5.32 Å². The Morgan fingerprint density at radius 3 is 2.68 bits per heavy atom. The van der Waals surface area contributed by atoms with E-state index < -0.39 is 22.3 Å². The molecular formula is C18H15FN4O5. The lowest BCUT2D eigenvalue weighted by molar-refractivity contribution is -0.387. The Morgan fingerprint density at radius 1 is 1.29 bits per heavy atom. The molecule has 28 heavy (non-hydrogen) atoms. The maximum atomic E-state index is 13.4. The van der Waals surface area contributed by atoms with Gasteiger partial charge in [0, 0.05) is 23.7 Å². The van der Waals surface area contributed by atoms with Crippen LogP contribution in [-0.4, -0.2) is 21.0 Å². The van der Waals surface area contributed by atoms with E-state index in [2.05, 4.69) is 15.5 Å². The van der Waals surface area contributed by atoms with Crippen molar-refractivity contribution in [3.63, 3.8) is 0 Å². The normalized spacial score (nSPS) is 10.5. The second-order valence-corrected chi connectivity index (χ2v) is 5.65. The number of anilines is 1. The van der Waals surface area contributed by atoms with Crippen molar-refractivity contribution in [3.8, 4) is 5.75 Å². The molecule has 0 unspecified atom stereocenters. The van der Waals surface area contributed by atoms with Crippen LogP contribution in [0.4, 0.5) is 15.8 Å². The molecule has 0 bridgehead atoms. The zero-order chi connectivity index (χ0) is 20.1. The lowest BCUT2D eigenvalue weighted by Crippen LogP contribution is -2.12. The van der Waals surface area contributed by atoms with E-state index in [1.807, 2.05) is 6.92 Å². The molecule has 0 atom stereocenters. The number of hydrogen-bond donors (Lipinski definition) is 1. The molecule has 0 aliphatic carbocycles. The second-order valence-electron chi connectivity index (χ2n) is 5.65. The molecule has 0 aliphatic rings. The number of aryl methyl sites for hydroxylation is 1. The van der Waals surface area contributed by atoms with Gasteiger partial charge in [-0.2, -0.15) is 9.37 Å². The van der Waals surface area contributed by atoms with Gasteiger partial charge in [0.1, 0.15) is 5.75 Å². The molecule has 1 heterocycles. The van der Waals surface area contributed by atoms with Gasteiger partial charge in [0.25, 0.3) is 5.91 Å². The molecule has 1 aromatic heterocycles. The minimum Gasteiger partial charge on any atom is -0.485 e. The fourth-order valence-corrected chi connectivity index (χ4v) is 2.28. The summed E-state index contributed by atoms with van der Waals surface area (Å²) in [5.41, 5.74) is -0.302. The third kappa shape index (κ3) is 4.47. The molecule has 9 nitrogen and oxygen atoms in total. The van der Waals surface area contributed by atoms with Gasteiger partial charge in [-0.1, -0.05) is 12.1 Å². The maximum absolute atomic E-state index is 13.4. The monoisotopic (exact) mass is 386 g/mol. The van der Waals surface area contributed by atoms with Gasteiger partial charge < -0.3 is 14.6 Å². The average molecular weight is 386 g/mol. The number of nitrogens with one attached hydrogen (secondary N) is 1. The van der Waals surface area contributed by atoms with E-state index in [0.717, 1.165) is 12.1 Å². The van der Waals surface area contributed by atoms with E-state index in [0.29, 0.717) is 29.4 Å². The molecule has 0 fully saturated rings. The molecule has 3 rings (SSSR count). The van der Waals surface area contributed by atoms with Gasteiger partial charge in [-0.05, 0) is 36.4 Å². The SMILES string of the molecule is CCc1nc(COc2ccc(C(=O)Nc3ccc(F)c([N+](=O)[O-])c3)cc2)no1. The fraction of sp³-hybridized carbons (Fsp3) is 0.167. The summed E-state index contributed by atoms with van der Waals surface area (Å²) in [4.78, 5) is 26.3. The summed E-state index contributed by atoms with van der Waals surface area (Å²) in [6, 6.07) is 9.35. The Labute approximate surface area is 158 Å². The molecule has 0 aliphatic heterocycles. The highest BCUT2D eigenvalue weighted by Crippen LogP contribution is 2.22. The van der Waals surface area contributed by atoms with Gasteiger partial charge in [0.05, 0.1) is 4.92 Å². The summed E-state index contributed by atoms with van der Waals surface area (Å²) in [7, 11) is 0. The van der Waals surface area contributed by atoms with E-state index in [-0.39, 0.29) is 12.3 Å². The van der Waals surface area contributed by atoms with Crippen molar-refractivity contribution in [1.82, 2.24) is 10.1 Å². The molecule has 0 saturated heterocycles. The van der Waals surface area contributed by atoms with Gasteiger partial charge in [0.15, 0.2) is 6.61 Å². The molecule has 144 valence electrons. The highest BCUT2D eigenvalue weighted by atomic mass is 19.1. The topological polar surface area (TPSA) is 120 Å². The van der Waals surface area contributed by atoms with Gasteiger partial charge >= 0.3 is 5.69 Å².